The van der Waals surface area contributed by atoms with Crippen LogP contribution in [-0.4, -0.2) is 48.2 Å². The molecule has 0 aromatic heterocycles. The Labute approximate surface area is 160 Å². The van der Waals surface area contributed by atoms with Crippen molar-refractivity contribution in [3.8, 4) is 11.5 Å². The first-order valence-electron chi connectivity index (χ1n) is 9.92. The minimum atomic E-state index is -0.776. The third-order valence-electron chi connectivity index (χ3n) is 5.58. The minimum Gasteiger partial charge on any atom is -0.493 e. The van der Waals surface area contributed by atoms with Crippen LogP contribution in [0.15, 0.2) is 18.2 Å². The highest BCUT2D eigenvalue weighted by atomic mass is 16.5. The molecule has 1 aliphatic carbocycles. The second-order valence-electron chi connectivity index (χ2n) is 7.58. The van der Waals surface area contributed by atoms with E-state index in [1.165, 1.54) is 12.8 Å². The van der Waals surface area contributed by atoms with Crippen LogP contribution in [-0.2, 0) is 4.79 Å². The molecule has 1 N–H and O–H groups in total. The topological polar surface area (TPSA) is 76.1 Å². The second-order valence-corrected chi connectivity index (χ2v) is 7.58. The molecule has 148 valence electrons. The van der Waals surface area contributed by atoms with Crippen molar-refractivity contribution in [1.29, 1.82) is 0 Å². The van der Waals surface area contributed by atoms with Gasteiger partial charge in [0, 0.05) is 25.1 Å². The molecule has 6 heteroatoms. The lowest BCUT2D eigenvalue weighted by Gasteiger charge is -2.33. The summed E-state index contributed by atoms with van der Waals surface area (Å²) in [5.74, 6) is 0.744. The largest absolute Gasteiger partial charge is 0.493 e. The van der Waals surface area contributed by atoms with Crippen LogP contribution in [0.3, 0.4) is 0 Å². The molecule has 1 aromatic carbocycles. The molecule has 0 spiro atoms. The van der Waals surface area contributed by atoms with Gasteiger partial charge in [-0.25, -0.2) is 0 Å². The Morgan fingerprint density at radius 2 is 1.93 bits per heavy atom. The summed E-state index contributed by atoms with van der Waals surface area (Å²) in [6.07, 6.45) is 7.31. The van der Waals surface area contributed by atoms with Crippen molar-refractivity contribution >= 4 is 11.9 Å². The Balaban J connectivity index is 1.68. The fraction of sp³-hybridized carbons (Fsp3) is 0.619. The van der Waals surface area contributed by atoms with E-state index in [2.05, 4.69) is 0 Å². The van der Waals surface area contributed by atoms with Gasteiger partial charge in [-0.05, 0) is 69.1 Å². The van der Waals surface area contributed by atoms with E-state index in [4.69, 9.17) is 14.6 Å². The Kier molecular flexibility index (Phi) is 6.58. The summed E-state index contributed by atoms with van der Waals surface area (Å²) >= 11 is 0. The van der Waals surface area contributed by atoms with Gasteiger partial charge < -0.3 is 19.5 Å². The lowest BCUT2D eigenvalue weighted by Crippen LogP contribution is -2.40. The predicted octanol–water partition coefficient (Wildman–Crippen LogP) is 3.73. The Hall–Kier alpha value is -2.24. The van der Waals surface area contributed by atoms with Gasteiger partial charge in [0.2, 0.25) is 0 Å². The van der Waals surface area contributed by atoms with E-state index in [-0.39, 0.29) is 24.3 Å². The van der Waals surface area contributed by atoms with E-state index >= 15 is 0 Å². The fourth-order valence-electron chi connectivity index (χ4n) is 4.08. The van der Waals surface area contributed by atoms with Gasteiger partial charge in [0.05, 0.1) is 13.2 Å². The number of amides is 1. The lowest BCUT2D eigenvalue weighted by atomic mass is 9.93. The maximum Gasteiger partial charge on any atom is 0.303 e. The van der Waals surface area contributed by atoms with Crippen LogP contribution in [0.1, 0.15) is 61.7 Å². The van der Waals surface area contributed by atoms with Gasteiger partial charge in [0.1, 0.15) is 0 Å². The number of carbonyl (C=O) groups excluding carboxylic acids is 1. The summed E-state index contributed by atoms with van der Waals surface area (Å²) in [5.41, 5.74) is 0.600. The molecule has 0 radical (unpaired) electrons. The number of aliphatic carboxylic acids is 1. The van der Waals surface area contributed by atoms with Crippen LogP contribution in [0, 0.1) is 5.92 Å². The predicted molar refractivity (Wildman–Crippen MR) is 101 cm³/mol. The number of carbonyl (C=O) groups is 2. The van der Waals surface area contributed by atoms with E-state index < -0.39 is 5.97 Å². The highest BCUT2D eigenvalue weighted by molar-refractivity contribution is 5.95. The number of piperidine rings is 1. The standard InChI is InChI=1S/C21H29NO5/c1-26-18-10-9-16(13-19(18)27-17-6-2-3-7-17)21(25)22-12-4-5-15(14-22)8-11-20(23)24/h9-10,13,15,17H,2-8,11-12,14H2,1H3,(H,23,24). The zero-order valence-corrected chi connectivity index (χ0v) is 16.0. The summed E-state index contributed by atoms with van der Waals surface area (Å²) in [6, 6.07) is 5.37. The molecule has 1 aromatic rings. The van der Waals surface area contributed by atoms with Crippen molar-refractivity contribution in [2.75, 3.05) is 20.2 Å². The van der Waals surface area contributed by atoms with Gasteiger partial charge in [-0.2, -0.15) is 0 Å². The SMILES string of the molecule is COc1ccc(C(=O)N2CCCC(CCC(=O)O)C2)cc1OC1CCCC1. The van der Waals surface area contributed by atoms with Crippen molar-refractivity contribution in [1.82, 2.24) is 4.90 Å². The summed E-state index contributed by atoms with van der Waals surface area (Å²) in [4.78, 5) is 25.6. The van der Waals surface area contributed by atoms with E-state index in [1.807, 2.05) is 4.90 Å². The third-order valence-corrected chi connectivity index (χ3v) is 5.58. The number of hydrogen-bond acceptors (Lipinski definition) is 4. The van der Waals surface area contributed by atoms with Gasteiger partial charge in [0.25, 0.3) is 5.91 Å². The van der Waals surface area contributed by atoms with E-state index in [9.17, 15) is 9.59 Å². The molecular weight excluding hydrogens is 346 g/mol. The average Bonchev–Trinajstić information content (AvgIpc) is 3.19. The smallest absolute Gasteiger partial charge is 0.303 e. The van der Waals surface area contributed by atoms with Crippen LogP contribution in [0.5, 0.6) is 11.5 Å². The molecule has 0 bridgehead atoms. The number of methoxy groups -OCH3 is 1. The first-order valence-corrected chi connectivity index (χ1v) is 9.92. The quantitative estimate of drug-likeness (QED) is 0.786. The number of carboxylic acid groups (broad SMARTS) is 1. The van der Waals surface area contributed by atoms with Gasteiger partial charge in [-0.15, -0.1) is 0 Å². The molecule has 1 atom stereocenters. The van der Waals surface area contributed by atoms with Crippen molar-refractivity contribution in [3.05, 3.63) is 23.8 Å². The Morgan fingerprint density at radius 3 is 2.63 bits per heavy atom. The zero-order chi connectivity index (χ0) is 19.2. The van der Waals surface area contributed by atoms with Gasteiger partial charge in [0.15, 0.2) is 11.5 Å². The van der Waals surface area contributed by atoms with E-state index in [1.54, 1.807) is 25.3 Å². The average molecular weight is 375 g/mol. The summed E-state index contributed by atoms with van der Waals surface area (Å²) in [5, 5.41) is 8.89. The highest BCUT2D eigenvalue weighted by Gasteiger charge is 2.26. The Morgan fingerprint density at radius 1 is 1.15 bits per heavy atom. The maximum atomic E-state index is 13.0. The Bertz CT molecular complexity index is 669. The van der Waals surface area contributed by atoms with Gasteiger partial charge >= 0.3 is 5.97 Å². The normalized spacial score (nSPS) is 20.5. The van der Waals surface area contributed by atoms with Crippen LogP contribution in [0.4, 0.5) is 0 Å². The molecule has 2 fully saturated rings. The number of rotatable bonds is 7. The van der Waals surface area contributed by atoms with Gasteiger partial charge in [-0.3, -0.25) is 9.59 Å². The molecule has 1 heterocycles. The number of benzene rings is 1. The summed E-state index contributed by atoms with van der Waals surface area (Å²) in [6.45, 7) is 1.34. The zero-order valence-electron chi connectivity index (χ0n) is 16.0. The molecule has 3 rings (SSSR count). The number of nitrogens with zero attached hydrogens (tertiary/aromatic N) is 1. The van der Waals surface area contributed by atoms with Crippen LogP contribution in [0.25, 0.3) is 0 Å². The fourth-order valence-corrected chi connectivity index (χ4v) is 4.08. The van der Waals surface area contributed by atoms with Crippen molar-refractivity contribution in [2.45, 2.75) is 57.5 Å². The first kappa shape index (κ1) is 19.5. The molecule has 1 amide bonds. The molecule has 2 aliphatic rings. The molecular formula is C21H29NO5. The van der Waals surface area contributed by atoms with Crippen LogP contribution in [0.2, 0.25) is 0 Å². The number of carboxylic acids is 1. The maximum absolute atomic E-state index is 13.0. The number of ether oxygens (including phenoxy) is 2. The van der Waals surface area contributed by atoms with E-state index in [0.717, 1.165) is 25.7 Å². The third kappa shape index (κ3) is 5.15. The molecule has 1 aliphatic heterocycles. The minimum absolute atomic E-state index is 0.0195. The van der Waals surface area contributed by atoms with Gasteiger partial charge in [-0.1, -0.05) is 0 Å². The second kappa shape index (κ2) is 9.11. The van der Waals surface area contributed by atoms with Crippen molar-refractivity contribution in [2.24, 2.45) is 5.92 Å². The van der Waals surface area contributed by atoms with Crippen LogP contribution >= 0.6 is 0 Å². The highest BCUT2D eigenvalue weighted by Crippen LogP contribution is 2.33. The number of hydrogen-bond donors (Lipinski definition) is 1. The van der Waals surface area contributed by atoms with E-state index in [0.29, 0.717) is 36.6 Å². The molecule has 1 unspecified atom stereocenters. The number of likely N-dealkylation sites (tertiary alicyclic amines) is 1. The molecule has 27 heavy (non-hydrogen) atoms. The van der Waals surface area contributed by atoms with Crippen molar-refractivity contribution in [3.63, 3.8) is 0 Å². The monoisotopic (exact) mass is 375 g/mol. The summed E-state index contributed by atoms with van der Waals surface area (Å²) < 4.78 is 11.5. The molecule has 1 saturated heterocycles. The van der Waals surface area contributed by atoms with Crippen molar-refractivity contribution < 1.29 is 24.2 Å². The summed E-state index contributed by atoms with van der Waals surface area (Å²) in [7, 11) is 1.61. The molecule has 6 nitrogen and oxygen atoms in total. The lowest BCUT2D eigenvalue weighted by molar-refractivity contribution is -0.137. The first-order chi connectivity index (χ1) is 13.1. The molecule has 1 saturated carbocycles. The van der Waals surface area contributed by atoms with Crippen LogP contribution < -0.4 is 9.47 Å².